The number of sulfonamides is 1. The Morgan fingerprint density at radius 1 is 0.658 bits per heavy atom. The third-order valence-electron chi connectivity index (χ3n) is 12.1. The zero-order chi connectivity index (χ0) is 55.0. The van der Waals surface area contributed by atoms with Crippen LogP contribution in [0.2, 0.25) is 0 Å². The number of carbonyl (C=O) groups is 2. The fourth-order valence-corrected chi connectivity index (χ4v) is 10.4. The molecule has 8 rings (SSSR count). The van der Waals surface area contributed by atoms with E-state index in [1.165, 1.54) is 56.0 Å². The number of ketones is 2. The van der Waals surface area contributed by atoms with E-state index in [9.17, 15) is 61.5 Å². The maximum Gasteiger partial charge on any atom is 0.451 e. The van der Waals surface area contributed by atoms with Gasteiger partial charge in [-0.05, 0) is 99.2 Å². The number of rotatable bonds is 13. The Morgan fingerprint density at radius 2 is 1.11 bits per heavy atom. The standard InChI is InChI=1S/C24H23F4N5O3S.C19H20F4N4O.C5H4ClNO2S.ClH/c1-14-10-30-20(17-11-31-23(32-12-17)24(26,27)28)8-16(14)5-6-22(34)21-9-19(25)15(2)33(21)37(35,36)18-4-3-7-29-13-18;1-10-7-24-15(13-8-25-18(26-9-13)19(21,22)23)5-12(10)3-4-17(28)16-6-14(20)11(2)27-16;6-10(8,9)5-2-1-3-7-4-5;/h3-4,7-8,10-13,15,19,21H,5-6,9H2,1-2H3;5,7-9,11,14,16,27H,3-4,6H2,1-2H3;1-4H;1H/t15-,19+,21-;11-,14+,16-;;/m00../s1. The molecule has 0 aromatic carbocycles. The van der Waals surface area contributed by atoms with Gasteiger partial charge in [0.25, 0.3) is 9.05 Å². The van der Waals surface area contributed by atoms with Gasteiger partial charge in [-0.3, -0.25) is 29.5 Å². The molecule has 2 saturated heterocycles. The normalized spacial score (nSPS) is 19.9. The minimum absolute atomic E-state index is 0. The summed E-state index contributed by atoms with van der Waals surface area (Å²) in [6.07, 6.45) is 1.49. The Bertz CT molecular complexity index is 3170. The van der Waals surface area contributed by atoms with E-state index in [-0.39, 0.29) is 71.7 Å². The highest BCUT2D eigenvalue weighted by Gasteiger charge is 2.49. The summed E-state index contributed by atoms with van der Waals surface area (Å²) >= 11 is 0. The molecule has 0 saturated carbocycles. The summed E-state index contributed by atoms with van der Waals surface area (Å²) in [4.78, 5) is 54.6. The molecule has 8 heterocycles. The van der Waals surface area contributed by atoms with Crippen LogP contribution in [0.15, 0.2) is 108 Å². The van der Waals surface area contributed by atoms with E-state index in [1.54, 1.807) is 32.2 Å². The topological polar surface area (TPSA) is 221 Å². The number of hydrogen-bond donors (Lipinski definition) is 1. The van der Waals surface area contributed by atoms with Crippen LogP contribution >= 0.6 is 23.1 Å². The molecule has 6 aromatic heterocycles. The highest BCUT2D eigenvalue weighted by Crippen LogP contribution is 2.35. The van der Waals surface area contributed by atoms with Crippen molar-refractivity contribution >= 4 is 53.7 Å². The van der Waals surface area contributed by atoms with Crippen LogP contribution in [0.25, 0.3) is 22.5 Å². The number of aryl methyl sites for hydroxylation is 4. The van der Waals surface area contributed by atoms with E-state index in [2.05, 4.69) is 45.2 Å². The number of halogens is 10. The minimum Gasteiger partial charge on any atom is -0.302 e. The van der Waals surface area contributed by atoms with Crippen LogP contribution in [-0.4, -0.2) is 109 Å². The lowest BCUT2D eigenvalue weighted by Crippen LogP contribution is -2.44. The Balaban J connectivity index is 0.000000240. The number of Topliss-reactive ketones (excluding diaryl/α,β-unsaturated/α-hetero) is 2. The molecule has 0 unspecified atom stereocenters. The van der Waals surface area contributed by atoms with Gasteiger partial charge in [-0.2, -0.15) is 30.6 Å². The second-order valence-electron chi connectivity index (χ2n) is 17.4. The molecule has 16 nitrogen and oxygen atoms in total. The predicted molar refractivity (Wildman–Crippen MR) is 263 cm³/mol. The predicted octanol–water partition coefficient (Wildman–Crippen LogP) is 8.84. The number of hydrogen-bond acceptors (Lipinski definition) is 15. The van der Waals surface area contributed by atoms with E-state index < -0.39 is 79.3 Å². The Labute approximate surface area is 442 Å². The molecule has 2 aliphatic rings. The molecule has 76 heavy (non-hydrogen) atoms. The van der Waals surface area contributed by atoms with Gasteiger partial charge in [-0.25, -0.2) is 45.6 Å². The zero-order valence-electron chi connectivity index (χ0n) is 40.5. The number of nitrogens with one attached hydrogen (secondary N) is 1. The lowest BCUT2D eigenvalue weighted by atomic mass is 9.99. The Morgan fingerprint density at radius 3 is 1.49 bits per heavy atom. The van der Waals surface area contributed by atoms with Crippen LogP contribution in [0.1, 0.15) is 73.4 Å². The average molecular weight is 1150 g/mol. The first kappa shape index (κ1) is 60.8. The second-order valence-corrected chi connectivity index (χ2v) is 21.8. The summed E-state index contributed by atoms with van der Waals surface area (Å²) < 4.78 is 153. The van der Waals surface area contributed by atoms with Gasteiger partial charge < -0.3 is 5.32 Å². The molecule has 0 bridgehead atoms. The first-order valence-corrected chi connectivity index (χ1v) is 26.5. The van der Waals surface area contributed by atoms with Gasteiger partial charge in [0.1, 0.15) is 27.9 Å². The lowest BCUT2D eigenvalue weighted by molar-refractivity contribution is -0.145. The van der Waals surface area contributed by atoms with Crippen LogP contribution in [0.3, 0.4) is 0 Å². The third kappa shape index (κ3) is 15.5. The van der Waals surface area contributed by atoms with Crippen molar-refractivity contribution in [2.75, 3.05) is 0 Å². The van der Waals surface area contributed by atoms with Crippen LogP contribution < -0.4 is 5.32 Å². The van der Waals surface area contributed by atoms with Crippen LogP contribution in [0, 0.1) is 13.8 Å². The van der Waals surface area contributed by atoms with E-state index >= 15 is 0 Å². The van der Waals surface area contributed by atoms with Gasteiger partial charge in [-0.1, -0.05) is 0 Å². The SMILES string of the molecule is Cc1cnc(-c2cnc(C(F)(F)F)nc2)cc1CCC(=O)[C@@H]1C[C@@H](F)[C@H](C)N1.Cc1cnc(-c2cnc(C(F)(F)F)nc2)cc1CCC(=O)[C@@H]1C[C@@H](F)[C@H](C)N1S(=O)(=O)c1cccnc1.Cl.O=S(=O)(Cl)c1cccnc1. The van der Waals surface area contributed by atoms with Crippen LogP contribution in [-0.2, 0) is 53.9 Å². The van der Waals surface area contributed by atoms with Crippen molar-refractivity contribution < 1.29 is 61.5 Å². The fourth-order valence-electron chi connectivity index (χ4n) is 7.93. The van der Waals surface area contributed by atoms with Gasteiger partial charge in [0, 0.05) is 116 Å². The summed E-state index contributed by atoms with van der Waals surface area (Å²) in [5, 5.41) is 2.96. The summed E-state index contributed by atoms with van der Waals surface area (Å²) in [5.41, 5.74) is 4.49. The number of pyridine rings is 4. The van der Waals surface area contributed by atoms with Crippen molar-refractivity contribution in [2.45, 2.75) is 125 Å². The van der Waals surface area contributed by atoms with Crippen molar-refractivity contribution in [3.8, 4) is 22.5 Å². The lowest BCUT2D eigenvalue weighted by Gasteiger charge is -2.26. The maximum atomic E-state index is 14.6. The molecule has 28 heteroatoms. The highest BCUT2D eigenvalue weighted by molar-refractivity contribution is 8.13. The van der Waals surface area contributed by atoms with Gasteiger partial charge in [0.2, 0.25) is 21.7 Å². The monoisotopic (exact) mass is 1150 g/mol. The minimum atomic E-state index is -4.67. The first-order valence-electron chi connectivity index (χ1n) is 22.7. The fraction of sp³-hybridized carbons (Fsp3) is 0.375. The molecular formula is C48H48Cl2F8N10O6S2. The van der Waals surface area contributed by atoms with Crippen molar-refractivity contribution in [1.29, 1.82) is 0 Å². The molecule has 2 fully saturated rings. The van der Waals surface area contributed by atoms with Crippen molar-refractivity contribution in [1.82, 2.24) is 49.5 Å². The molecule has 6 aromatic rings. The maximum absolute atomic E-state index is 14.6. The summed E-state index contributed by atoms with van der Waals surface area (Å²) in [7, 11) is -2.76. The van der Waals surface area contributed by atoms with Crippen LogP contribution in [0.4, 0.5) is 35.1 Å². The number of carbonyl (C=O) groups excluding carboxylic acids is 2. The van der Waals surface area contributed by atoms with Gasteiger partial charge in [-0.15, -0.1) is 12.4 Å². The second kappa shape index (κ2) is 25.4. The zero-order valence-corrected chi connectivity index (χ0v) is 43.8. The van der Waals surface area contributed by atoms with E-state index in [0.29, 0.717) is 28.9 Å². The quantitative estimate of drug-likeness (QED) is 0.0843. The smallest absolute Gasteiger partial charge is 0.302 e. The van der Waals surface area contributed by atoms with Crippen LogP contribution in [0.5, 0.6) is 0 Å². The summed E-state index contributed by atoms with van der Waals surface area (Å²) in [6.45, 7) is 6.74. The molecule has 0 aliphatic carbocycles. The number of nitrogens with zero attached hydrogens (tertiary/aromatic N) is 9. The van der Waals surface area contributed by atoms with Gasteiger partial charge >= 0.3 is 12.4 Å². The summed E-state index contributed by atoms with van der Waals surface area (Å²) in [6, 6.07) is 6.03. The average Bonchev–Trinajstić information content (AvgIpc) is 3.89. The molecule has 408 valence electrons. The Hall–Kier alpha value is -6.06. The molecule has 2 aliphatic heterocycles. The first-order chi connectivity index (χ1) is 35.1. The molecule has 0 radical (unpaired) electrons. The van der Waals surface area contributed by atoms with Crippen molar-refractivity contribution in [3.05, 3.63) is 132 Å². The molecule has 0 spiro atoms. The molecule has 0 amide bonds. The van der Waals surface area contributed by atoms with E-state index in [1.807, 2.05) is 6.92 Å². The highest BCUT2D eigenvalue weighted by atomic mass is 35.7. The van der Waals surface area contributed by atoms with Crippen molar-refractivity contribution in [3.63, 3.8) is 0 Å². The summed E-state index contributed by atoms with van der Waals surface area (Å²) in [5.74, 6) is -2.96. The largest absolute Gasteiger partial charge is 0.451 e. The molecule has 1 N–H and O–H groups in total. The Kier molecular flexibility index (Phi) is 20.3. The van der Waals surface area contributed by atoms with E-state index in [4.69, 9.17) is 10.7 Å². The van der Waals surface area contributed by atoms with Gasteiger partial charge in [0.15, 0.2) is 5.78 Å². The van der Waals surface area contributed by atoms with Crippen molar-refractivity contribution in [2.24, 2.45) is 0 Å². The molecule has 6 atom stereocenters. The number of alkyl halides is 8. The van der Waals surface area contributed by atoms with Gasteiger partial charge in [0.05, 0.1) is 29.5 Å². The number of aromatic nitrogens is 8. The van der Waals surface area contributed by atoms with E-state index in [0.717, 1.165) is 52.0 Å². The molecular weight excluding hydrogens is 1100 g/mol. The third-order valence-corrected chi connectivity index (χ3v) is 15.5.